The SMILES string of the molecule is Cc1nc2ccccc2c2c1C(=O)N(c1ccc(C(N)=O)cc1)C2=O. The molecule has 3 aromatic rings. The standard InChI is InChI=1S/C19H13N3O3/c1-10-15-16(13-4-2-3-5-14(13)21-10)19(25)22(18(15)24)12-8-6-11(7-9-12)17(20)23/h2-9H,1H3,(H2,20,23). The van der Waals surface area contributed by atoms with Gasteiger partial charge in [0.25, 0.3) is 11.8 Å². The van der Waals surface area contributed by atoms with Crippen molar-refractivity contribution in [3.05, 3.63) is 70.9 Å². The van der Waals surface area contributed by atoms with Crippen molar-refractivity contribution in [2.75, 3.05) is 4.90 Å². The predicted molar refractivity (Wildman–Crippen MR) is 92.6 cm³/mol. The lowest BCUT2D eigenvalue weighted by Gasteiger charge is -2.14. The molecule has 0 aliphatic carbocycles. The second-order valence-electron chi connectivity index (χ2n) is 5.82. The number of pyridine rings is 1. The molecule has 0 unspecified atom stereocenters. The number of nitrogens with two attached hydrogens (primary N) is 1. The smallest absolute Gasteiger partial charge is 0.268 e. The van der Waals surface area contributed by atoms with Crippen molar-refractivity contribution < 1.29 is 14.4 Å². The topological polar surface area (TPSA) is 93.4 Å². The summed E-state index contributed by atoms with van der Waals surface area (Å²) in [5.74, 6) is -1.38. The summed E-state index contributed by atoms with van der Waals surface area (Å²) in [4.78, 5) is 42.6. The first-order chi connectivity index (χ1) is 12.0. The van der Waals surface area contributed by atoms with Crippen LogP contribution in [0.3, 0.4) is 0 Å². The Morgan fingerprint density at radius 1 is 0.960 bits per heavy atom. The number of amides is 3. The van der Waals surface area contributed by atoms with Crippen molar-refractivity contribution >= 4 is 34.3 Å². The molecule has 0 bridgehead atoms. The summed E-state index contributed by atoms with van der Waals surface area (Å²) in [6.45, 7) is 1.72. The van der Waals surface area contributed by atoms with Gasteiger partial charge in [-0.05, 0) is 37.3 Å². The molecule has 0 spiro atoms. The van der Waals surface area contributed by atoms with Crippen LogP contribution in [-0.2, 0) is 0 Å². The molecule has 2 N–H and O–H groups in total. The number of imide groups is 1. The quantitative estimate of drug-likeness (QED) is 0.730. The normalized spacial score (nSPS) is 13.4. The second-order valence-corrected chi connectivity index (χ2v) is 5.82. The maximum Gasteiger partial charge on any atom is 0.268 e. The molecule has 122 valence electrons. The van der Waals surface area contributed by atoms with Crippen LogP contribution < -0.4 is 10.6 Å². The molecule has 25 heavy (non-hydrogen) atoms. The highest BCUT2D eigenvalue weighted by Crippen LogP contribution is 2.34. The minimum atomic E-state index is -0.569. The van der Waals surface area contributed by atoms with Gasteiger partial charge in [0.2, 0.25) is 5.91 Å². The highest BCUT2D eigenvalue weighted by molar-refractivity contribution is 6.37. The monoisotopic (exact) mass is 331 g/mol. The van der Waals surface area contributed by atoms with Crippen LogP contribution in [0.15, 0.2) is 48.5 Å². The zero-order valence-corrected chi connectivity index (χ0v) is 13.3. The maximum absolute atomic E-state index is 13.0. The molecule has 1 aliphatic heterocycles. The highest BCUT2D eigenvalue weighted by atomic mass is 16.2. The Kier molecular flexibility index (Phi) is 3.15. The van der Waals surface area contributed by atoms with Crippen molar-refractivity contribution in [3.8, 4) is 0 Å². The van der Waals surface area contributed by atoms with E-state index in [9.17, 15) is 14.4 Å². The lowest BCUT2D eigenvalue weighted by Crippen LogP contribution is -2.29. The molecule has 0 atom stereocenters. The Morgan fingerprint density at radius 3 is 2.28 bits per heavy atom. The van der Waals surface area contributed by atoms with Gasteiger partial charge in [0.05, 0.1) is 28.0 Å². The third-order valence-electron chi connectivity index (χ3n) is 4.32. The van der Waals surface area contributed by atoms with Gasteiger partial charge in [0.15, 0.2) is 0 Å². The van der Waals surface area contributed by atoms with Crippen molar-refractivity contribution in [2.45, 2.75) is 6.92 Å². The number of rotatable bonds is 2. The van der Waals surface area contributed by atoms with E-state index < -0.39 is 17.7 Å². The van der Waals surface area contributed by atoms with E-state index in [1.54, 1.807) is 13.0 Å². The lowest BCUT2D eigenvalue weighted by molar-refractivity contribution is 0.0925. The number of hydrogen-bond acceptors (Lipinski definition) is 4. The number of carbonyl (C=O) groups excluding carboxylic acids is 3. The Morgan fingerprint density at radius 2 is 1.60 bits per heavy atom. The summed E-state index contributed by atoms with van der Waals surface area (Å²) in [5, 5.41) is 0.651. The highest BCUT2D eigenvalue weighted by Gasteiger charge is 2.39. The van der Waals surface area contributed by atoms with E-state index in [0.717, 1.165) is 4.90 Å². The molecule has 3 amide bonds. The fourth-order valence-corrected chi connectivity index (χ4v) is 3.14. The number of para-hydroxylation sites is 1. The van der Waals surface area contributed by atoms with E-state index in [2.05, 4.69) is 4.98 Å². The van der Waals surface area contributed by atoms with Crippen molar-refractivity contribution in [3.63, 3.8) is 0 Å². The number of primary amides is 1. The molecule has 2 aromatic carbocycles. The molecular formula is C19H13N3O3. The molecule has 0 saturated heterocycles. The van der Waals surface area contributed by atoms with Crippen molar-refractivity contribution in [1.29, 1.82) is 0 Å². The van der Waals surface area contributed by atoms with Gasteiger partial charge in [-0.15, -0.1) is 0 Å². The fraction of sp³-hybridized carbons (Fsp3) is 0.0526. The first-order valence-corrected chi connectivity index (χ1v) is 7.67. The van der Waals surface area contributed by atoms with Gasteiger partial charge < -0.3 is 5.73 Å². The van der Waals surface area contributed by atoms with E-state index in [0.29, 0.717) is 39.0 Å². The average Bonchev–Trinajstić information content (AvgIpc) is 2.87. The van der Waals surface area contributed by atoms with Crippen molar-refractivity contribution in [1.82, 2.24) is 4.98 Å². The van der Waals surface area contributed by atoms with Gasteiger partial charge in [-0.1, -0.05) is 18.2 Å². The van der Waals surface area contributed by atoms with E-state index in [1.807, 2.05) is 18.2 Å². The number of hydrogen-bond donors (Lipinski definition) is 1. The molecule has 6 heteroatoms. The van der Waals surface area contributed by atoms with Gasteiger partial charge in [-0.2, -0.15) is 0 Å². The van der Waals surface area contributed by atoms with Gasteiger partial charge in [-0.3, -0.25) is 19.4 Å². The maximum atomic E-state index is 13.0. The Bertz CT molecular complexity index is 1070. The first-order valence-electron chi connectivity index (χ1n) is 7.67. The number of benzene rings is 2. The van der Waals surface area contributed by atoms with Crippen LogP contribution >= 0.6 is 0 Å². The molecule has 0 saturated carbocycles. The number of aryl methyl sites for hydroxylation is 1. The molecule has 1 aromatic heterocycles. The molecule has 2 heterocycles. The number of carbonyl (C=O) groups is 3. The summed E-state index contributed by atoms with van der Waals surface area (Å²) >= 11 is 0. The van der Waals surface area contributed by atoms with Gasteiger partial charge in [-0.25, -0.2) is 4.90 Å². The summed E-state index contributed by atoms with van der Waals surface area (Å²) in [5.41, 5.74) is 7.80. The van der Waals surface area contributed by atoms with Crippen LogP contribution in [0.2, 0.25) is 0 Å². The molecule has 0 radical (unpaired) electrons. The average molecular weight is 331 g/mol. The van der Waals surface area contributed by atoms with Crippen LogP contribution in [0.5, 0.6) is 0 Å². The Balaban J connectivity index is 1.89. The number of nitrogens with zero attached hydrogens (tertiary/aromatic N) is 2. The largest absolute Gasteiger partial charge is 0.366 e. The van der Waals surface area contributed by atoms with E-state index in [-0.39, 0.29) is 0 Å². The third-order valence-corrected chi connectivity index (χ3v) is 4.32. The Hall–Kier alpha value is -3.54. The number of fused-ring (bicyclic) bond motifs is 3. The number of anilines is 1. The van der Waals surface area contributed by atoms with Crippen LogP contribution in [0.1, 0.15) is 36.8 Å². The third kappa shape index (κ3) is 2.11. The van der Waals surface area contributed by atoms with Gasteiger partial charge in [0.1, 0.15) is 0 Å². The zero-order valence-electron chi connectivity index (χ0n) is 13.3. The first kappa shape index (κ1) is 15.0. The summed E-state index contributed by atoms with van der Waals surface area (Å²) in [6, 6.07) is 13.3. The summed E-state index contributed by atoms with van der Waals surface area (Å²) < 4.78 is 0. The Labute approximate surface area is 142 Å². The van der Waals surface area contributed by atoms with Crippen molar-refractivity contribution in [2.24, 2.45) is 5.73 Å². The minimum Gasteiger partial charge on any atom is -0.366 e. The summed E-state index contributed by atoms with van der Waals surface area (Å²) in [7, 11) is 0. The fourth-order valence-electron chi connectivity index (χ4n) is 3.14. The second kappa shape index (κ2) is 5.24. The molecule has 4 rings (SSSR count). The molecular weight excluding hydrogens is 318 g/mol. The van der Waals surface area contributed by atoms with E-state index in [1.165, 1.54) is 24.3 Å². The van der Waals surface area contributed by atoms with E-state index >= 15 is 0 Å². The zero-order chi connectivity index (χ0) is 17.7. The van der Waals surface area contributed by atoms with Crippen LogP contribution in [-0.4, -0.2) is 22.7 Å². The van der Waals surface area contributed by atoms with E-state index in [4.69, 9.17) is 5.73 Å². The lowest BCUT2D eigenvalue weighted by atomic mass is 10.0. The number of aromatic nitrogens is 1. The minimum absolute atomic E-state index is 0.309. The summed E-state index contributed by atoms with van der Waals surface area (Å²) in [6.07, 6.45) is 0. The van der Waals surface area contributed by atoms with Crippen LogP contribution in [0.25, 0.3) is 10.9 Å². The van der Waals surface area contributed by atoms with Gasteiger partial charge in [0, 0.05) is 10.9 Å². The molecule has 0 fully saturated rings. The van der Waals surface area contributed by atoms with Crippen LogP contribution in [0.4, 0.5) is 5.69 Å². The molecule has 6 nitrogen and oxygen atoms in total. The predicted octanol–water partition coefficient (Wildman–Crippen LogP) is 2.44. The van der Waals surface area contributed by atoms with Gasteiger partial charge >= 0.3 is 0 Å². The molecule has 1 aliphatic rings. The van der Waals surface area contributed by atoms with Crippen LogP contribution in [0, 0.1) is 6.92 Å².